The molecule has 0 saturated carbocycles. The summed E-state index contributed by atoms with van der Waals surface area (Å²) < 4.78 is 54.5. The number of ether oxygens (including phenoxy) is 2. The molecule has 3 aromatic rings. The lowest BCUT2D eigenvalue weighted by Crippen LogP contribution is -2.45. The molecule has 5 rings (SSSR count). The number of hydrogen-bond donors (Lipinski definition) is 0. The lowest BCUT2D eigenvalue weighted by atomic mass is 9.87. The summed E-state index contributed by atoms with van der Waals surface area (Å²) in [6.07, 6.45) is -4.09. The molecule has 0 N–H and O–H groups in total. The van der Waals surface area contributed by atoms with Gasteiger partial charge in [0.05, 0.1) is 24.6 Å². The van der Waals surface area contributed by atoms with Gasteiger partial charge in [-0.1, -0.05) is 47.6 Å². The van der Waals surface area contributed by atoms with E-state index in [1.807, 2.05) is 42.2 Å². The van der Waals surface area contributed by atoms with Gasteiger partial charge in [0.2, 0.25) is 11.7 Å². The van der Waals surface area contributed by atoms with E-state index in [1.165, 1.54) is 0 Å². The van der Waals surface area contributed by atoms with E-state index in [1.54, 1.807) is 18.2 Å². The Bertz CT molecular complexity index is 1190. The summed E-state index contributed by atoms with van der Waals surface area (Å²) in [7, 11) is 0. The quantitative estimate of drug-likeness (QED) is 0.552. The zero-order valence-electron chi connectivity index (χ0n) is 18.3. The number of hydrogen-bond acceptors (Lipinski definition) is 6. The third-order valence-electron chi connectivity index (χ3n) is 6.29. The highest BCUT2D eigenvalue weighted by Gasteiger charge is 2.43. The fraction of sp³-hybridized carbons (Fsp3) is 0.375. The average molecular weight is 473 g/mol. The first-order chi connectivity index (χ1) is 16.2. The molecule has 10 heteroatoms. The van der Waals surface area contributed by atoms with Crippen molar-refractivity contribution in [3.05, 3.63) is 65.5 Å². The molecule has 2 atom stereocenters. The van der Waals surface area contributed by atoms with Crippen LogP contribution in [-0.4, -0.2) is 40.8 Å². The maximum absolute atomic E-state index is 13.7. The summed E-state index contributed by atoms with van der Waals surface area (Å²) in [5, 5.41) is 3.45. The minimum absolute atomic E-state index is 0.0210. The zero-order chi connectivity index (χ0) is 23.9. The first-order valence-electron chi connectivity index (χ1n) is 10.9. The van der Waals surface area contributed by atoms with E-state index >= 15 is 0 Å². The van der Waals surface area contributed by atoms with Crippen LogP contribution in [0.2, 0.25) is 0 Å². The van der Waals surface area contributed by atoms with Crippen molar-refractivity contribution in [2.75, 3.05) is 19.8 Å². The number of benzene rings is 2. The SMILES string of the molecule is CC1(C(=O)N2Cc3ccc(-c4noc(C(F)(F)F)n4)cc3OC[C@@H]2c2ccccc2)CCOC1. The van der Waals surface area contributed by atoms with Crippen LogP contribution in [0.15, 0.2) is 53.1 Å². The summed E-state index contributed by atoms with van der Waals surface area (Å²) in [4.78, 5) is 19.0. The fourth-order valence-corrected chi connectivity index (χ4v) is 4.31. The van der Waals surface area contributed by atoms with Crippen molar-refractivity contribution in [1.82, 2.24) is 15.0 Å². The molecule has 3 heterocycles. The van der Waals surface area contributed by atoms with Crippen molar-refractivity contribution >= 4 is 5.91 Å². The van der Waals surface area contributed by atoms with E-state index in [4.69, 9.17) is 9.47 Å². The predicted molar refractivity (Wildman–Crippen MR) is 114 cm³/mol. The third-order valence-corrected chi connectivity index (χ3v) is 6.29. The van der Waals surface area contributed by atoms with Gasteiger partial charge in [0, 0.05) is 17.7 Å². The molecule has 178 valence electrons. The molecule has 1 fully saturated rings. The van der Waals surface area contributed by atoms with Crippen molar-refractivity contribution < 1.29 is 32.0 Å². The van der Waals surface area contributed by atoms with Crippen LogP contribution in [0.3, 0.4) is 0 Å². The zero-order valence-corrected chi connectivity index (χ0v) is 18.3. The predicted octanol–water partition coefficient (Wildman–Crippen LogP) is 4.64. The highest BCUT2D eigenvalue weighted by molar-refractivity contribution is 5.83. The second-order valence-electron chi connectivity index (χ2n) is 8.78. The molecule has 2 aliphatic rings. The number of amides is 1. The number of alkyl halides is 3. The summed E-state index contributed by atoms with van der Waals surface area (Å²) in [6, 6.07) is 14.2. The van der Waals surface area contributed by atoms with Crippen LogP contribution >= 0.6 is 0 Å². The van der Waals surface area contributed by atoms with Gasteiger partial charge in [-0.05, 0) is 25.0 Å². The van der Waals surface area contributed by atoms with E-state index in [0.29, 0.717) is 30.9 Å². The van der Waals surface area contributed by atoms with Crippen LogP contribution in [0, 0.1) is 5.41 Å². The molecular weight excluding hydrogens is 451 g/mol. The summed E-state index contributed by atoms with van der Waals surface area (Å²) in [5.74, 6) is -1.16. The summed E-state index contributed by atoms with van der Waals surface area (Å²) in [5.41, 5.74) is 1.36. The molecule has 1 unspecified atom stereocenters. The molecular formula is C24H22F3N3O4. The molecule has 0 aliphatic carbocycles. The van der Waals surface area contributed by atoms with Crippen molar-refractivity contribution in [3.8, 4) is 17.1 Å². The van der Waals surface area contributed by atoms with Gasteiger partial charge in [-0.15, -0.1) is 0 Å². The Balaban J connectivity index is 1.49. The van der Waals surface area contributed by atoms with E-state index in [2.05, 4.69) is 14.7 Å². The molecule has 1 aromatic heterocycles. The molecule has 7 nitrogen and oxygen atoms in total. The van der Waals surface area contributed by atoms with Gasteiger partial charge in [-0.3, -0.25) is 4.79 Å². The summed E-state index contributed by atoms with van der Waals surface area (Å²) in [6.45, 7) is 3.27. The first-order valence-corrected chi connectivity index (χ1v) is 10.9. The Morgan fingerprint density at radius 3 is 2.65 bits per heavy atom. The van der Waals surface area contributed by atoms with Crippen molar-refractivity contribution in [2.24, 2.45) is 5.41 Å². The normalized spacial score (nSPS) is 22.7. The largest absolute Gasteiger partial charge is 0.491 e. The molecule has 2 aliphatic heterocycles. The molecule has 1 saturated heterocycles. The second kappa shape index (κ2) is 8.43. The highest BCUT2D eigenvalue weighted by atomic mass is 19.4. The first kappa shape index (κ1) is 22.4. The molecule has 0 spiro atoms. The Labute approximate surface area is 193 Å². The minimum atomic E-state index is -4.72. The molecule has 2 aromatic carbocycles. The number of fused-ring (bicyclic) bond motifs is 1. The van der Waals surface area contributed by atoms with Crippen LogP contribution in [-0.2, 0) is 22.3 Å². The van der Waals surface area contributed by atoms with E-state index in [9.17, 15) is 18.0 Å². The monoisotopic (exact) mass is 473 g/mol. The fourth-order valence-electron chi connectivity index (χ4n) is 4.31. The van der Waals surface area contributed by atoms with Crippen molar-refractivity contribution in [1.29, 1.82) is 0 Å². The van der Waals surface area contributed by atoms with Gasteiger partial charge in [-0.25, -0.2) is 0 Å². The number of carbonyl (C=O) groups is 1. The molecule has 0 radical (unpaired) electrons. The van der Waals surface area contributed by atoms with E-state index < -0.39 is 17.5 Å². The maximum Gasteiger partial charge on any atom is 0.471 e. The van der Waals surface area contributed by atoms with Gasteiger partial charge in [0.25, 0.3) is 0 Å². The number of aromatic nitrogens is 2. The Morgan fingerprint density at radius 1 is 1.18 bits per heavy atom. The lowest BCUT2D eigenvalue weighted by molar-refractivity contribution is -0.159. The minimum Gasteiger partial charge on any atom is -0.491 e. The number of carbonyl (C=O) groups excluding carboxylic acids is 1. The van der Waals surface area contributed by atoms with Crippen LogP contribution in [0.4, 0.5) is 13.2 Å². The Hall–Kier alpha value is -3.40. The number of nitrogens with zero attached hydrogens (tertiary/aromatic N) is 3. The Kier molecular flexibility index (Phi) is 5.55. The third kappa shape index (κ3) is 4.13. The molecule has 0 bridgehead atoms. The van der Waals surface area contributed by atoms with Crippen LogP contribution in [0.25, 0.3) is 11.4 Å². The molecule has 1 amide bonds. The molecule has 34 heavy (non-hydrogen) atoms. The van der Waals surface area contributed by atoms with Gasteiger partial charge >= 0.3 is 12.1 Å². The maximum atomic E-state index is 13.7. The summed E-state index contributed by atoms with van der Waals surface area (Å²) >= 11 is 0. The van der Waals surface area contributed by atoms with Crippen LogP contribution in [0.5, 0.6) is 5.75 Å². The van der Waals surface area contributed by atoms with Gasteiger partial charge in [0.1, 0.15) is 12.4 Å². The topological polar surface area (TPSA) is 77.7 Å². The van der Waals surface area contributed by atoms with Crippen LogP contribution < -0.4 is 4.74 Å². The lowest BCUT2D eigenvalue weighted by Gasteiger charge is -2.35. The van der Waals surface area contributed by atoms with Crippen LogP contribution in [0.1, 0.15) is 36.4 Å². The Morgan fingerprint density at radius 2 is 1.97 bits per heavy atom. The number of halogens is 3. The smallest absolute Gasteiger partial charge is 0.471 e. The van der Waals surface area contributed by atoms with Gasteiger partial charge < -0.3 is 18.9 Å². The van der Waals surface area contributed by atoms with E-state index in [-0.39, 0.29) is 30.9 Å². The second-order valence-corrected chi connectivity index (χ2v) is 8.78. The van der Waals surface area contributed by atoms with Gasteiger partial charge in [0.15, 0.2) is 0 Å². The van der Waals surface area contributed by atoms with Gasteiger partial charge in [-0.2, -0.15) is 18.2 Å². The highest BCUT2D eigenvalue weighted by Crippen LogP contribution is 2.39. The van der Waals surface area contributed by atoms with Crippen molar-refractivity contribution in [2.45, 2.75) is 32.1 Å². The van der Waals surface area contributed by atoms with E-state index in [0.717, 1.165) is 11.1 Å². The average Bonchev–Trinajstić information content (AvgIpc) is 3.45. The number of rotatable bonds is 3. The standard InChI is InChI=1S/C24H22F3N3O4/c1-23(9-10-32-14-23)22(31)30-12-17-8-7-16(20-28-21(34-29-20)24(25,26)27)11-19(17)33-13-18(30)15-5-3-2-4-6-15/h2-8,11,18H,9-10,12-14H2,1H3/t18-,23?/m1/s1. The van der Waals surface area contributed by atoms with Crippen molar-refractivity contribution in [3.63, 3.8) is 0 Å².